The van der Waals surface area contributed by atoms with Gasteiger partial charge in [-0.15, -0.1) is 0 Å². The summed E-state index contributed by atoms with van der Waals surface area (Å²) in [6.45, 7) is 4.22. The fourth-order valence-electron chi connectivity index (χ4n) is 3.00. The Hall–Kier alpha value is -2.59. The fraction of sp³-hybridized carbons (Fsp3) is 0.200. The lowest BCUT2D eigenvalue weighted by molar-refractivity contribution is -0.116. The Morgan fingerprint density at radius 2 is 1.84 bits per heavy atom. The van der Waals surface area contributed by atoms with Crippen LogP contribution in [-0.4, -0.2) is 10.5 Å². The lowest BCUT2D eigenvalue weighted by Crippen LogP contribution is -2.24. The number of carbonyl (C=O) groups is 1. The fourth-order valence-corrected chi connectivity index (χ4v) is 3.18. The van der Waals surface area contributed by atoms with E-state index in [0.717, 1.165) is 22.0 Å². The molecule has 1 heterocycles. The lowest BCUT2D eigenvalue weighted by Gasteiger charge is -2.14. The van der Waals surface area contributed by atoms with Crippen LogP contribution < -0.4 is 10.9 Å². The predicted molar refractivity (Wildman–Crippen MR) is 102 cm³/mol. The van der Waals surface area contributed by atoms with Crippen LogP contribution in [-0.2, 0) is 11.3 Å². The molecule has 128 valence electrons. The number of nitrogens with one attached hydrogen (secondary N) is 1. The second-order valence-corrected chi connectivity index (χ2v) is 6.47. The zero-order valence-corrected chi connectivity index (χ0v) is 14.9. The second-order valence-electron chi connectivity index (χ2n) is 6.07. The zero-order valence-electron chi connectivity index (χ0n) is 14.2. The largest absolute Gasteiger partial charge is 0.325 e. The van der Waals surface area contributed by atoms with E-state index in [1.807, 2.05) is 38.1 Å². The molecule has 1 N–H and O–H groups in total. The van der Waals surface area contributed by atoms with E-state index in [-0.39, 0.29) is 17.9 Å². The number of hydrogen-bond donors (Lipinski definition) is 1. The van der Waals surface area contributed by atoms with Crippen LogP contribution in [0, 0.1) is 13.8 Å². The summed E-state index contributed by atoms with van der Waals surface area (Å²) in [5.74, 6) is -0.178. The molecule has 0 atom stereocenters. The summed E-state index contributed by atoms with van der Waals surface area (Å²) < 4.78 is 1.67. The van der Waals surface area contributed by atoms with Crippen LogP contribution >= 0.6 is 11.6 Å². The van der Waals surface area contributed by atoms with Gasteiger partial charge in [-0.05, 0) is 37.1 Å². The first-order chi connectivity index (χ1) is 12.0. The van der Waals surface area contributed by atoms with Gasteiger partial charge in [0.15, 0.2) is 0 Å². The monoisotopic (exact) mass is 354 g/mol. The van der Waals surface area contributed by atoms with Crippen LogP contribution in [0.5, 0.6) is 0 Å². The Balaban J connectivity index is 1.85. The molecule has 2 aromatic carbocycles. The maximum atomic E-state index is 12.4. The first kappa shape index (κ1) is 17.2. The van der Waals surface area contributed by atoms with Crippen LogP contribution in [0.4, 0.5) is 5.69 Å². The summed E-state index contributed by atoms with van der Waals surface area (Å²) in [6.07, 6.45) is 0.192. The van der Waals surface area contributed by atoms with Crippen LogP contribution in [0.15, 0.2) is 53.3 Å². The van der Waals surface area contributed by atoms with Gasteiger partial charge >= 0.3 is 0 Å². The highest BCUT2D eigenvalue weighted by molar-refractivity contribution is 6.33. The number of fused-ring (bicyclic) bond motifs is 1. The summed E-state index contributed by atoms with van der Waals surface area (Å²) in [7, 11) is 0. The van der Waals surface area contributed by atoms with Crippen LogP contribution in [0.2, 0.25) is 5.02 Å². The SMILES string of the molecule is Cc1cc(=O)n(CCC(=O)Nc2ccccc2Cl)c2c(C)cccc12. The van der Waals surface area contributed by atoms with E-state index in [4.69, 9.17) is 11.6 Å². The van der Waals surface area contributed by atoms with Crippen molar-refractivity contribution in [2.75, 3.05) is 5.32 Å². The summed E-state index contributed by atoms with van der Waals surface area (Å²) in [6, 6.07) is 14.6. The van der Waals surface area contributed by atoms with Gasteiger partial charge in [0, 0.05) is 24.4 Å². The molecule has 3 rings (SSSR count). The van der Waals surface area contributed by atoms with Gasteiger partial charge in [-0.1, -0.05) is 41.9 Å². The molecule has 3 aromatic rings. The number of aromatic nitrogens is 1. The number of aryl methyl sites for hydroxylation is 3. The molecule has 0 unspecified atom stereocenters. The number of hydrogen-bond acceptors (Lipinski definition) is 2. The summed E-state index contributed by atoms with van der Waals surface area (Å²) in [5.41, 5.74) is 3.33. The molecular weight excluding hydrogens is 336 g/mol. The zero-order chi connectivity index (χ0) is 18.0. The molecule has 25 heavy (non-hydrogen) atoms. The molecule has 0 saturated carbocycles. The number of nitrogens with zero attached hydrogens (tertiary/aromatic N) is 1. The Kier molecular flexibility index (Phi) is 4.91. The maximum Gasteiger partial charge on any atom is 0.251 e. The molecule has 0 radical (unpaired) electrons. The van der Waals surface area contributed by atoms with Crippen LogP contribution in [0.1, 0.15) is 17.5 Å². The van der Waals surface area contributed by atoms with Crippen molar-refractivity contribution in [1.29, 1.82) is 0 Å². The quantitative estimate of drug-likeness (QED) is 0.759. The first-order valence-corrected chi connectivity index (χ1v) is 8.49. The topological polar surface area (TPSA) is 51.1 Å². The van der Waals surface area contributed by atoms with Gasteiger partial charge in [-0.3, -0.25) is 9.59 Å². The highest BCUT2D eigenvalue weighted by Crippen LogP contribution is 2.22. The maximum absolute atomic E-state index is 12.4. The molecule has 1 amide bonds. The van der Waals surface area contributed by atoms with Crippen molar-refractivity contribution >= 4 is 34.1 Å². The van der Waals surface area contributed by atoms with E-state index >= 15 is 0 Å². The lowest BCUT2D eigenvalue weighted by atomic mass is 10.1. The average Bonchev–Trinajstić information content (AvgIpc) is 2.57. The minimum Gasteiger partial charge on any atom is -0.325 e. The van der Waals surface area contributed by atoms with E-state index in [9.17, 15) is 9.59 Å². The number of para-hydroxylation sites is 2. The number of carbonyl (C=O) groups excluding carboxylic acids is 1. The Bertz CT molecular complexity index is 1010. The van der Waals surface area contributed by atoms with Gasteiger partial charge in [0.1, 0.15) is 0 Å². The molecule has 0 bridgehead atoms. The molecular formula is C20H19ClN2O2. The average molecular weight is 355 g/mol. The minimum atomic E-state index is -0.178. The smallest absolute Gasteiger partial charge is 0.251 e. The van der Waals surface area contributed by atoms with Crippen molar-refractivity contribution in [3.8, 4) is 0 Å². The third kappa shape index (κ3) is 3.59. The summed E-state index contributed by atoms with van der Waals surface area (Å²) >= 11 is 6.06. The van der Waals surface area contributed by atoms with E-state index in [1.54, 1.807) is 28.8 Å². The molecule has 0 aliphatic heterocycles. The van der Waals surface area contributed by atoms with Gasteiger partial charge in [-0.2, -0.15) is 0 Å². The first-order valence-electron chi connectivity index (χ1n) is 8.11. The van der Waals surface area contributed by atoms with Gasteiger partial charge in [0.2, 0.25) is 5.91 Å². The van der Waals surface area contributed by atoms with Gasteiger partial charge in [0.25, 0.3) is 5.56 Å². The molecule has 0 aliphatic rings. The molecule has 5 heteroatoms. The predicted octanol–water partition coefficient (Wildman–Crippen LogP) is 4.30. The summed E-state index contributed by atoms with van der Waals surface area (Å²) in [5, 5.41) is 4.31. The minimum absolute atomic E-state index is 0.0927. The number of pyridine rings is 1. The molecule has 0 saturated heterocycles. The number of benzene rings is 2. The number of amides is 1. The van der Waals surface area contributed by atoms with Crippen LogP contribution in [0.25, 0.3) is 10.9 Å². The summed E-state index contributed by atoms with van der Waals surface area (Å²) in [4.78, 5) is 24.7. The third-order valence-electron chi connectivity index (χ3n) is 4.25. The van der Waals surface area contributed by atoms with E-state index < -0.39 is 0 Å². The van der Waals surface area contributed by atoms with Gasteiger partial charge in [0.05, 0.1) is 16.2 Å². The Labute approximate surface area is 151 Å². The van der Waals surface area contributed by atoms with Crippen molar-refractivity contribution in [2.24, 2.45) is 0 Å². The molecule has 0 fully saturated rings. The standard InChI is InChI=1S/C20H19ClN2O2/c1-13-6-5-7-15-14(2)12-19(25)23(20(13)15)11-10-18(24)22-17-9-4-3-8-16(17)21/h3-9,12H,10-11H2,1-2H3,(H,22,24). The Morgan fingerprint density at radius 1 is 1.08 bits per heavy atom. The van der Waals surface area contributed by atoms with Crippen molar-refractivity contribution < 1.29 is 4.79 Å². The Morgan fingerprint density at radius 3 is 2.60 bits per heavy atom. The van der Waals surface area contributed by atoms with E-state index in [0.29, 0.717) is 17.3 Å². The van der Waals surface area contributed by atoms with Gasteiger partial charge < -0.3 is 9.88 Å². The van der Waals surface area contributed by atoms with Crippen molar-refractivity contribution in [3.05, 3.63) is 75.0 Å². The van der Waals surface area contributed by atoms with E-state index in [1.165, 1.54) is 0 Å². The molecule has 4 nitrogen and oxygen atoms in total. The molecule has 0 aliphatic carbocycles. The highest BCUT2D eigenvalue weighted by Gasteiger charge is 2.11. The number of halogens is 1. The number of rotatable bonds is 4. The van der Waals surface area contributed by atoms with Crippen LogP contribution in [0.3, 0.4) is 0 Å². The van der Waals surface area contributed by atoms with Crippen molar-refractivity contribution in [2.45, 2.75) is 26.8 Å². The van der Waals surface area contributed by atoms with Crippen molar-refractivity contribution in [3.63, 3.8) is 0 Å². The van der Waals surface area contributed by atoms with Crippen molar-refractivity contribution in [1.82, 2.24) is 4.57 Å². The third-order valence-corrected chi connectivity index (χ3v) is 4.58. The number of anilines is 1. The highest BCUT2D eigenvalue weighted by atomic mass is 35.5. The normalized spacial score (nSPS) is 10.8. The van der Waals surface area contributed by atoms with E-state index in [2.05, 4.69) is 5.32 Å². The second kappa shape index (κ2) is 7.11. The molecule has 0 spiro atoms. The molecule has 1 aromatic heterocycles. The van der Waals surface area contributed by atoms with Gasteiger partial charge in [-0.25, -0.2) is 0 Å².